The Morgan fingerprint density at radius 1 is 1.12 bits per heavy atom. The van der Waals surface area contributed by atoms with E-state index in [0.29, 0.717) is 29.8 Å². The SMILES string of the molecule is C=CS(=O)(=O)N1CCC(OC(=O)NCc2ccc(C(=O)Nc3ccccc3N)cc2)CC1. The normalized spacial score (nSPS) is 15.0. The molecule has 0 unspecified atom stereocenters. The lowest BCUT2D eigenvalue weighted by Gasteiger charge is -2.29. The number of nitrogen functional groups attached to an aromatic ring is 1. The number of benzene rings is 2. The molecular formula is C22H26N4O5S. The summed E-state index contributed by atoms with van der Waals surface area (Å²) in [6, 6.07) is 13.8. The molecule has 0 spiro atoms. The second-order valence-corrected chi connectivity index (χ2v) is 9.19. The molecule has 1 saturated heterocycles. The van der Waals surface area contributed by atoms with Gasteiger partial charge in [-0.25, -0.2) is 13.2 Å². The lowest BCUT2D eigenvalue weighted by atomic mass is 10.1. The van der Waals surface area contributed by atoms with Gasteiger partial charge in [0, 0.05) is 30.6 Å². The first kappa shape index (κ1) is 23.3. The van der Waals surface area contributed by atoms with Crippen LogP contribution in [0.2, 0.25) is 0 Å². The summed E-state index contributed by atoms with van der Waals surface area (Å²) in [7, 11) is -3.44. The van der Waals surface area contributed by atoms with Crippen molar-refractivity contribution in [1.29, 1.82) is 0 Å². The minimum Gasteiger partial charge on any atom is -0.446 e. The average molecular weight is 459 g/mol. The smallest absolute Gasteiger partial charge is 0.407 e. The Bertz CT molecular complexity index is 1080. The van der Waals surface area contributed by atoms with Crippen LogP contribution < -0.4 is 16.4 Å². The minimum absolute atomic E-state index is 0.232. The number of carbonyl (C=O) groups excluding carboxylic acids is 2. The van der Waals surface area contributed by atoms with Crippen LogP contribution >= 0.6 is 0 Å². The fraction of sp³-hybridized carbons (Fsp3) is 0.273. The highest BCUT2D eigenvalue weighted by Gasteiger charge is 2.27. The maximum absolute atomic E-state index is 12.4. The molecule has 0 aliphatic carbocycles. The molecule has 0 radical (unpaired) electrons. The van der Waals surface area contributed by atoms with E-state index < -0.39 is 16.1 Å². The van der Waals surface area contributed by atoms with Crippen LogP contribution in [0, 0.1) is 0 Å². The lowest BCUT2D eigenvalue weighted by Crippen LogP contribution is -2.41. The summed E-state index contributed by atoms with van der Waals surface area (Å²) < 4.78 is 30.2. The Kier molecular flexibility index (Phi) is 7.49. The molecule has 32 heavy (non-hydrogen) atoms. The Labute approximate surface area is 187 Å². The highest BCUT2D eigenvalue weighted by molar-refractivity contribution is 7.92. The third-order valence-electron chi connectivity index (χ3n) is 5.11. The highest BCUT2D eigenvalue weighted by Crippen LogP contribution is 2.19. The number of anilines is 2. The molecule has 1 aliphatic rings. The zero-order valence-electron chi connectivity index (χ0n) is 17.5. The summed E-state index contributed by atoms with van der Waals surface area (Å²) in [5, 5.41) is 6.35. The summed E-state index contributed by atoms with van der Waals surface area (Å²) in [5.74, 6) is -0.286. The van der Waals surface area contributed by atoms with Gasteiger partial charge in [0.25, 0.3) is 5.91 Å². The van der Waals surface area contributed by atoms with E-state index in [1.54, 1.807) is 48.5 Å². The van der Waals surface area contributed by atoms with Crippen molar-refractivity contribution in [3.05, 3.63) is 71.6 Å². The van der Waals surface area contributed by atoms with Crippen molar-refractivity contribution in [2.24, 2.45) is 0 Å². The molecule has 1 aliphatic heterocycles. The third-order valence-corrected chi connectivity index (χ3v) is 6.61. The number of hydrogen-bond acceptors (Lipinski definition) is 6. The molecule has 0 aromatic heterocycles. The van der Waals surface area contributed by atoms with Crippen molar-refractivity contribution in [2.75, 3.05) is 24.1 Å². The predicted octanol–water partition coefficient (Wildman–Crippen LogP) is 2.69. The van der Waals surface area contributed by atoms with Gasteiger partial charge in [0.05, 0.1) is 11.4 Å². The molecule has 1 fully saturated rings. The van der Waals surface area contributed by atoms with E-state index in [-0.39, 0.29) is 31.6 Å². The first-order chi connectivity index (χ1) is 15.3. The van der Waals surface area contributed by atoms with Crippen LogP contribution in [0.3, 0.4) is 0 Å². The number of para-hydroxylation sites is 2. The maximum atomic E-state index is 12.4. The van der Waals surface area contributed by atoms with Crippen molar-refractivity contribution in [1.82, 2.24) is 9.62 Å². The van der Waals surface area contributed by atoms with Crippen LogP contribution in [0.1, 0.15) is 28.8 Å². The number of hydrogen-bond donors (Lipinski definition) is 3. The number of alkyl carbamates (subject to hydrolysis) is 1. The molecule has 1 heterocycles. The van der Waals surface area contributed by atoms with Crippen molar-refractivity contribution in [3.63, 3.8) is 0 Å². The Morgan fingerprint density at radius 2 is 1.78 bits per heavy atom. The minimum atomic E-state index is -3.44. The molecule has 2 aromatic rings. The Balaban J connectivity index is 1.44. The molecule has 2 aromatic carbocycles. The maximum Gasteiger partial charge on any atom is 0.407 e. The molecule has 3 rings (SSSR count). The molecule has 0 saturated carbocycles. The second-order valence-electron chi connectivity index (χ2n) is 7.31. The zero-order valence-corrected chi connectivity index (χ0v) is 18.3. The van der Waals surface area contributed by atoms with Gasteiger partial charge in [-0.1, -0.05) is 30.8 Å². The van der Waals surface area contributed by atoms with Gasteiger partial charge in [0.15, 0.2) is 0 Å². The Hall–Kier alpha value is -3.37. The first-order valence-electron chi connectivity index (χ1n) is 10.1. The van der Waals surface area contributed by atoms with Crippen LogP contribution in [0.25, 0.3) is 0 Å². The summed E-state index contributed by atoms with van der Waals surface area (Å²) in [6.45, 7) is 4.11. The third kappa shape index (κ3) is 6.08. The monoisotopic (exact) mass is 458 g/mol. The number of amides is 2. The van der Waals surface area contributed by atoms with Gasteiger partial charge >= 0.3 is 6.09 Å². The average Bonchev–Trinajstić information content (AvgIpc) is 2.80. The van der Waals surface area contributed by atoms with Crippen LogP contribution in [0.4, 0.5) is 16.2 Å². The summed E-state index contributed by atoms with van der Waals surface area (Å²) in [4.78, 5) is 24.4. The number of ether oxygens (including phenoxy) is 1. The fourth-order valence-electron chi connectivity index (χ4n) is 3.26. The van der Waals surface area contributed by atoms with Crippen LogP contribution in [0.15, 0.2) is 60.5 Å². The Morgan fingerprint density at radius 3 is 2.41 bits per heavy atom. The number of sulfonamides is 1. The van der Waals surface area contributed by atoms with E-state index in [1.807, 2.05) is 0 Å². The number of piperidine rings is 1. The predicted molar refractivity (Wildman–Crippen MR) is 122 cm³/mol. The van der Waals surface area contributed by atoms with E-state index in [2.05, 4.69) is 17.2 Å². The molecule has 9 nitrogen and oxygen atoms in total. The summed E-state index contributed by atoms with van der Waals surface area (Å²) in [6.07, 6.45) is -0.0638. The lowest BCUT2D eigenvalue weighted by molar-refractivity contribution is 0.0671. The molecule has 0 bridgehead atoms. The summed E-state index contributed by atoms with van der Waals surface area (Å²) >= 11 is 0. The topological polar surface area (TPSA) is 131 Å². The van der Waals surface area contributed by atoms with E-state index in [4.69, 9.17) is 10.5 Å². The van der Waals surface area contributed by atoms with Crippen molar-refractivity contribution < 1.29 is 22.7 Å². The highest BCUT2D eigenvalue weighted by atomic mass is 32.2. The van der Waals surface area contributed by atoms with Gasteiger partial charge in [-0.15, -0.1) is 0 Å². The zero-order chi connectivity index (χ0) is 23.1. The number of nitrogens with one attached hydrogen (secondary N) is 2. The number of rotatable bonds is 7. The molecule has 2 amide bonds. The molecule has 4 N–H and O–H groups in total. The van der Waals surface area contributed by atoms with Crippen molar-refractivity contribution in [2.45, 2.75) is 25.5 Å². The van der Waals surface area contributed by atoms with E-state index in [1.165, 1.54) is 4.31 Å². The van der Waals surface area contributed by atoms with Crippen LogP contribution in [-0.4, -0.2) is 43.9 Å². The van der Waals surface area contributed by atoms with E-state index in [9.17, 15) is 18.0 Å². The van der Waals surface area contributed by atoms with Crippen LogP contribution in [0.5, 0.6) is 0 Å². The number of carbonyl (C=O) groups is 2. The van der Waals surface area contributed by atoms with Gasteiger partial charge in [-0.3, -0.25) is 4.79 Å². The van der Waals surface area contributed by atoms with Gasteiger partial charge < -0.3 is 21.1 Å². The number of nitrogens with two attached hydrogens (primary N) is 1. The molecule has 10 heteroatoms. The molecule has 0 atom stereocenters. The van der Waals surface area contributed by atoms with Gasteiger partial charge in [-0.05, 0) is 42.7 Å². The molecule has 170 valence electrons. The van der Waals surface area contributed by atoms with E-state index in [0.717, 1.165) is 11.0 Å². The van der Waals surface area contributed by atoms with Gasteiger partial charge in [0.2, 0.25) is 10.0 Å². The quantitative estimate of drug-likeness (QED) is 0.547. The summed E-state index contributed by atoms with van der Waals surface area (Å²) in [5.41, 5.74) is 8.11. The van der Waals surface area contributed by atoms with E-state index >= 15 is 0 Å². The largest absolute Gasteiger partial charge is 0.446 e. The number of nitrogens with zero attached hydrogens (tertiary/aromatic N) is 1. The van der Waals surface area contributed by atoms with Gasteiger partial charge in [0.1, 0.15) is 6.10 Å². The first-order valence-corrected chi connectivity index (χ1v) is 11.6. The van der Waals surface area contributed by atoms with Gasteiger partial charge in [-0.2, -0.15) is 4.31 Å². The standard InChI is InChI=1S/C22H26N4O5S/c1-2-32(29,30)26-13-11-18(12-14-26)31-22(28)24-15-16-7-9-17(10-8-16)21(27)25-20-6-4-3-5-19(20)23/h2-10,18H,1,11-15,23H2,(H,24,28)(H,25,27). The van der Waals surface area contributed by atoms with Crippen LogP contribution in [-0.2, 0) is 21.3 Å². The molecular weight excluding hydrogens is 432 g/mol. The van der Waals surface area contributed by atoms with Crippen molar-refractivity contribution in [3.8, 4) is 0 Å². The second kappa shape index (κ2) is 10.3. The van der Waals surface area contributed by atoms with Crippen molar-refractivity contribution >= 4 is 33.4 Å². The fourth-order valence-corrected chi connectivity index (χ4v) is 4.19.